The fourth-order valence-electron chi connectivity index (χ4n) is 2.57. The Morgan fingerprint density at radius 1 is 1.13 bits per heavy atom. The molecule has 1 aromatic carbocycles. The van der Waals surface area contributed by atoms with E-state index in [1.54, 1.807) is 18.3 Å². The van der Waals surface area contributed by atoms with Crippen molar-refractivity contribution in [1.29, 1.82) is 0 Å². The summed E-state index contributed by atoms with van der Waals surface area (Å²) in [4.78, 5) is 27.0. The second-order valence-corrected chi connectivity index (χ2v) is 8.52. The summed E-state index contributed by atoms with van der Waals surface area (Å²) >= 11 is 1.02. The molecule has 2 aromatic rings. The van der Waals surface area contributed by atoms with Crippen LogP contribution in [0.3, 0.4) is 0 Å². The van der Waals surface area contributed by atoms with Crippen LogP contribution in [0.4, 0.5) is 4.79 Å². The third-order valence-electron chi connectivity index (χ3n) is 4.12. The van der Waals surface area contributed by atoms with Crippen LogP contribution in [0.5, 0.6) is 5.75 Å². The van der Waals surface area contributed by atoms with E-state index in [1.165, 1.54) is 0 Å². The highest BCUT2D eigenvalue weighted by molar-refractivity contribution is 8.15. The summed E-state index contributed by atoms with van der Waals surface area (Å²) in [6.07, 6.45) is 2.35. The first-order valence-corrected chi connectivity index (χ1v) is 11.4. The average molecular weight is 471 g/mol. The van der Waals surface area contributed by atoms with Gasteiger partial charge in [0, 0.05) is 6.20 Å². The number of aliphatic hydroxyl groups excluding tert-OH is 1. The minimum absolute atomic E-state index is 0.104. The van der Waals surface area contributed by atoms with E-state index in [4.69, 9.17) is 22.3 Å². The lowest BCUT2D eigenvalue weighted by Crippen LogP contribution is -2.25. The van der Waals surface area contributed by atoms with Crippen molar-refractivity contribution in [3.8, 4) is 5.75 Å². The van der Waals surface area contributed by atoms with Crippen molar-refractivity contribution in [3.05, 3.63) is 59.4 Å². The maximum Gasteiger partial charge on any atom is 0.394 e. The molecule has 0 radical (unpaired) electrons. The molecule has 0 spiro atoms. The number of hydrogen-bond acceptors (Lipinski definition) is 8. The van der Waals surface area contributed by atoms with E-state index in [2.05, 4.69) is 17.2 Å². The second kappa shape index (κ2) is 11.2. The maximum absolute atomic E-state index is 11.6. The molecule has 0 bridgehead atoms. The standard InChI is InChI=1S/C19H20N2O4S.H2O4S/c1-2-12-5-8-15(20-10-12)16(22)11-25-14-6-3-13(4-7-14)9-17-18(23)21-19(24)26-17;1-5(2,3)4/h3-8,10,16-17,22H,2,9,11H2,1H3,(H,21,23,24);(H2,1,2,3,4)/t16-,17?;/m1./s1. The molecular weight excluding hydrogens is 448 g/mol. The van der Waals surface area contributed by atoms with Crippen LogP contribution in [0.1, 0.15) is 29.8 Å². The zero-order valence-electron chi connectivity index (χ0n) is 16.5. The molecule has 1 aliphatic heterocycles. The van der Waals surface area contributed by atoms with Crippen molar-refractivity contribution in [2.45, 2.75) is 31.1 Å². The van der Waals surface area contributed by atoms with E-state index in [9.17, 15) is 14.7 Å². The van der Waals surface area contributed by atoms with Crippen LogP contribution in [0.25, 0.3) is 0 Å². The number of thioether (sulfide) groups is 1. The molecule has 10 nitrogen and oxygen atoms in total. The van der Waals surface area contributed by atoms with Gasteiger partial charge in [-0.25, -0.2) is 0 Å². The van der Waals surface area contributed by atoms with Gasteiger partial charge in [0.15, 0.2) is 0 Å². The second-order valence-electron chi connectivity index (χ2n) is 6.45. The Balaban J connectivity index is 0.000000614. The minimum atomic E-state index is -4.67. The number of imide groups is 1. The van der Waals surface area contributed by atoms with Gasteiger partial charge in [0.1, 0.15) is 18.5 Å². The topological polar surface area (TPSA) is 163 Å². The number of nitrogens with zero attached hydrogens (tertiary/aromatic N) is 1. The van der Waals surface area contributed by atoms with Crippen LogP contribution in [0.15, 0.2) is 42.6 Å². The number of ether oxygens (including phenoxy) is 1. The number of aliphatic hydroxyl groups is 1. The molecule has 31 heavy (non-hydrogen) atoms. The number of rotatable bonds is 7. The van der Waals surface area contributed by atoms with E-state index in [0.717, 1.165) is 29.3 Å². The molecule has 12 heteroatoms. The summed E-state index contributed by atoms with van der Waals surface area (Å²) in [5, 5.41) is 11.8. The normalized spacial score (nSPS) is 16.8. The Morgan fingerprint density at radius 3 is 2.23 bits per heavy atom. The first kappa shape index (κ1) is 24.8. The molecule has 0 saturated carbocycles. The lowest BCUT2D eigenvalue weighted by atomic mass is 10.1. The van der Waals surface area contributed by atoms with Gasteiger partial charge in [0.05, 0.1) is 10.9 Å². The Morgan fingerprint density at radius 2 is 1.74 bits per heavy atom. The Kier molecular flexibility index (Phi) is 8.95. The summed E-state index contributed by atoms with van der Waals surface area (Å²) in [7, 11) is -4.67. The monoisotopic (exact) mass is 470 g/mol. The lowest BCUT2D eigenvalue weighted by Gasteiger charge is -2.13. The molecule has 2 atom stereocenters. The number of nitrogens with one attached hydrogen (secondary N) is 1. The molecule has 1 aliphatic rings. The van der Waals surface area contributed by atoms with Gasteiger partial charge in [-0.2, -0.15) is 8.42 Å². The van der Waals surface area contributed by atoms with Crippen LogP contribution in [0, 0.1) is 0 Å². The van der Waals surface area contributed by atoms with Gasteiger partial charge in [-0.1, -0.05) is 36.9 Å². The highest BCUT2D eigenvalue weighted by Crippen LogP contribution is 2.24. The van der Waals surface area contributed by atoms with E-state index in [1.807, 2.05) is 24.3 Å². The smallest absolute Gasteiger partial charge is 0.394 e. The molecule has 1 saturated heterocycles. The van der Waals surface area contributed by atoms with Gasteiger partial charge in [0.25, 0.3) is 5.24 Å². The number of benzene rings is 1. The van der Waals surface area contributed by atoms with Gasteiger partial charge >= 0.3 is 10.4 Å². The van der Waals surface area contributed by atoms with Crippen LogP contribution >= 0.6 is 11.8 Å². The molecule has 1 unspecified atom stereocenters. The quantitative estimate of drug-likeness (QED) is 0.440. The molecule has 0 aliphatic carbocycles. The van der Waals surface area contributed by atoms with Crippen molar-refractivity contribution < 1.29 is 37.0 Å². The lowest BCUT2D eigenvalue weighted by molar-refractivity contribution is -0.118. The zero-order valence-corrected chi connectivity index (χ0v) is 18.1. The highest BCUT2D eigenvalue weighted by atomic mass is 32.3. The van der Waals surface area contributed by atoms with Crippen LogP contribution in [-0.2, 0) is 28.0 Å². The van der Waals surface area contributed by atoms with E-state index in [-0.39, 0.29) is 23.0 Å². The molecule has 3 rings (SSSR count). The van der Waals surface area contributed by atoms with Gasteiger partial charge < -0.3 is 9.84 Å². The number of aryl methyl sites for hydroxylation is 1. The first-order valence-electron chi connectivity index (χ1n) is 9.11. The van der Waals surface area contributed by atoms with Crippen molar-refractivity contribution in [2.24, 2.45) is 0 Å². The van der Waals surface area contributed by atoms with Crippen molar-refractivity contribution in [3.63, 3.8) is 0 Å². The number of carbonyl (C=O) groups is 2. The van der Waals surface area contributed by atoms with Gasteiger partial charge in [-0.05, 0) is 42.2 Å². The molecule has 4 N–H and O–H groups in total. The zero-order chi connectivity index (χ0) is 23.0. The highest BCUT2D eigenvalue weighted by Gasteiger charge is 2.31. The number of pyridine rings is 1. The third kappa shape index (κ3) is 9.02. The number of amides is 2. The van der Waals surface area contributed by atoms with E-state index >= 15 is 0 Å². The summed E-state index contributed by atoms with van der Waals surface area (Å²) in [5.41, 5.74) is 2.64. The molecule has 1 fully saturated rings. The SMILES string of the molecule is CCc1ccc([C@H](O)COc2ccc(CC3SC(=O)NC3=O)cc2)nc1.O=S(=O)(O)O. The van der Waals surface area contributed by atoms with Gasteiger partial charge in [0.2, 0.25) is 5.91 Å². The molecule has 1 aromatic heterocycles. The first-order chi connectivity index (χ1) is 14.5. The summed E-state index contributed by atoms with van der Waals surface area (Å²) < 4.78 is 37.2. The van der Waals surface area contributed by atoms with Crippen molar-refractivity contribution >= 4 is 33.3 Å². The number of aromatic nitrogens is 1. The van der Waals surface area contributed by atoms with E-state index < -0.39 is 16.5 Å². The molecule has 2 amide bonds. The fraction of sp³-hybridized carbons (Fsp3) is 0.316. The summed E-state index contributed by atoms with van der Waals surface area (Å²) in [6, 6.07) is 11.0. The van der Waals surface area contributed by atoms with Crippen LogP contribution < -0.4 is 10.1 Å². The maximum atomic E-state index is 11.6. The van der Waals surface area contributed by atoms with Gasteiger partial charge in [-0.3, -0.25) is 29.0 Å². The number of hydrogen-bond donors (Lipinski definition) is 4. The van der Waals surface area contributed by atoms with E-state index in [0.29, 0.717) is 17.9 Å². The predicted molar refractivity (Wildman–Crippen MR) is 113 cm³/mol. The largest absolute Gasteiger partial charge is 0.490 e. The van der Waals surface area contributed by atoms with Gasteiger partial charge in [-0.15, -0.1) is 0 Å². The van der Waals surface area contributed by atoms with Crippen LogP contribution in [-0.4, -0.2) is 50.6 Å². The number of carbonyl (C=O) groups excluding carboxylic acids is 2. The average Bonchev–Trinajstić information content (AvgIpc) is 3.02. The summed E-state index contributed by atoms with van der Waals surface area (Å²) in [6.45, 7) is 2.16. The van der Waals surface area contributed by atoms with Crippen LogP contribution in [0.2, 0.25) is 0 Å². The Hall–Kier alpha value is -2.51. The van der Waals surface area contributed by atoms with Crippen molar-refractivity contribution in [2.75, 3.05) is 6.61 Å². The molecular formula is C19H22N2O8S2. The Bertz CT molecular complexity index is 987. The minimum Gasteiger partial charge on any atom is -0.490 e. The molecule has 168 valence electrons. The Labute approximate surface area is 183 Å². The third-order valence-corrected chi connectivity index (χ3v) is 5.10. The van der Waals surface area contributed by atoms with Crippen molar-refractivity contribution in [1.82, 2.24) is 10.3 Å². The predicted octanol–water partition coefficient (Wildman–Crippen LogP) is 2.00. The fourth-order valence-corrected chi connectivity index (χ4v) is 3.43. The molecule has 2 heterocycles. The summed E-state index contributed by atoms with van der Waals surface area (Å²) in [5.74, 6) is 0.377.